The number of carbonyl (C=O) groups is 1. The number of hydrogen-bond acceptors (Lipinski definition) is 4. The molecule has 1 heterocycles. The second kappa shape index (κ2) is 10.5. The quantitative estimate of drug-likeness (QED) is 0.424. The third kappa shape index (κ3) is 6.76. The highest BCUT2D eigenvalue weighted by Crippen LogP contribution is 2.17. The normalized spacial score (nSPS) is 11.1. The molecule has 2 aromatic rings. The molecule has 0 aliphatic heterocycles. The van der Waals surface area contributed by atoms with Crippen LogP contribution in [-0.2, 0) is 11.2 Å². The third-order valence-corrected chi connectivity index (χ3v) is 4.59. The van der Waals surface area contributed by atoms with Gasteiger partial charge in [0.1, 0.15) is 12.4 Å². The molecule has 2 rings (SSSR count). The van der Waals surface area contributed by atoms with Crippen LogP contribution in [0.25, 0.3) is 0 Å². The summed E-state index contributed by atoms with van der Waals surface area (Å²) in [6, 6.07) is 11.6. The average molecular weight is 375 g/mol. The van der Waals surface area contributed by atoms with Crippen molar-refractivity contribution in [3.63, 3.8) is 0 Å². The first-order valence-corrected chi connectivity index (χ1v) is 9.41. The fourth-order valence-corrected chi connectivity index (χ4v) is 3.12. The summed E-state index contributed by atoms with van der Waals surface area (Å²) in [5.41, 5.74) is 0.729. The van der Waals surface area contributed by atoms with Crippen LogP contribution in [0.2, 0.25) is 0 Å². The van der Waals surface area contributed by atoms with E-state index in [0.717, 1.165) is 30.4 Å². The number of nitrogens with one attached hydrogen (secondary N) is 2. The summed E-state index contributed by atoms with van der Waals surface area (Å²) in [5.74, 6) is 1.47. The fourth-order valence-electron chi connectivity index (χ4n) is 2.42. The molecule has 0 spiro atoms. The van der Waals surface area contributed by atoms with Crippen LogP contribution in [-0.4, -0.2) is 50.6 Å². The van der Waals surface area contributed by atoms with Crippen molar-refractivity contribution >= 4 is 28.9 Å². The van der Waals surface area contributed by atoms with Crippen molar-refractivity contribution in [3.8, 4) is 5.75 Å². The first-order chi connectivity index (χ1) is 12.6. The average Bonchev–Trinajstić information content (AvgIpc) is 3.13. The summed E-state index contributed by atoms with van der Waals surface area (Å²) < 4.78 is 5.74. The maximum absolute atomic E-state index is 11.1. The molecule has 0 unspecified atom stereocenters. The number of thiophene rings is 1. The first-order valence-electron chi connectivity index (χ1n) is 8.53. The molecule has 7 heteroatoms. The maximum atomic E-state index is 11.1. The third-order valence-electron chi connectivity index (χ3n) is 3.66. The van der Waals surface area contributed by atoms with Crippen LogP contribution in [0.3, 0.4) is 0 Å². The topological polar surface area (TPSA) is 66.0 Å². The molecule has 1 aromatic carbocycles. The van der Waals surface area contributed by atoms with E-state index in [9.17, 15) is 4.79 Å². The first kappa shape index (κ1) is 19.8. The monoisotopic (exact) mass is 374 g/mol. The Morgan fingerprint density at radius 3 is 2.85 bits per heavy atom. The summed E-state index contributed by atoms with van der Waals surface area (Å²) in [4.78, 5) is 18.9. The molecule has 0 fully saturated rings. The lowest BCUT2D eigenvalue weighted by Gasteiger charge is -2.21. The molecule has 0 saturated heterocycles. The number of anilines is 1. The number of carbonyl (C=O) groups excluding carboxylic acids is 1. The molecule has 0 aliphatic carbocycles. The van der Waals surface area contributed by atoms with Gasteiger partial charge in [-0.15, -0.1) is 11.3 Å². The second-order valence-corrected chi connectivity index (χ2v) is 6.81. The van der Waals surface area contributed by atoms with E-state index < -0.39 is 0 Å². The van der Waals surface area contributed by atoms with Crippen molar-refractivity contribution in [2.24, 2.45) is 4.99 Å². The Kier molecular flexibility index (Phi) is 7.95. The number of guanidine groups is 1. The molecule has 1 amide bonds. The zero-order chi connectivity index (χ0) is 18.8. The predicted octanol–water partition coefficient (Wildman–Crippen LogP) is 2.84. The van der Waals surface area contributed by atoms with Crippen LogP contribution in [0.4, 0.5) is 5.69 Å². The van der Waals surface area contributed by atoms with Gasteiger partial charge in [0.25, 0.3) is 0 Å². The lowest BCUT2D eigenvalue weighted by molar-refractivity contribution is -0.114. The minimum atomic E-state index is -0.0989. The molecular formula is C19H26N4O2S. The van der Waals surface area contributed by atoms with Crippen molar-refractivity contribution in [1.82, 2.24) is 10.2 Å². The van der Waals surface area contributed by atoms with Gasteiger partial charge in [0.05, 0.1) is 6.54 Å². The highest BCUT2D eigenvalue weighted by Gasteiger charge is 2.06. The Hall–Kier alpha value is -2.54. The van der Waals surface area contributed by atoms with Crippen LogP contribution >= 0.6 is 11.3 Å². The molecule has 2 N–H and O–H groups in total. The minimum absolute atomic E-state index is 0.0989. The zero-order valence-corrected chi connectivity index (χ0v) is 16.3. The Morgan fingerprint density at radius 2 is 2.15 bits per heavy atom. The SMILES string of the molecule is CN=C(NCCOc1cccc(NC(C)=O)c1)N(C)CCc1cccs1. The van der Waals surface area contributed by atoms with Crippen LogP contribution in [0.5, 0.6) is 5.75 Å². The standard InChI is InChI=1S/C19H26N4O2S/c1-15(24)22-16-6-4-7-17(14-16)25-12-10-21-19(20-2)23(3)11-9-18-8-5-13-26-18/h4-8,13-14H,9-12H2,1-3H3,(H,20,21)(H,22,24). The largest absolute Gasteiger partial charge is 0.492 e. The van der Waals surface area contributed by atoms with Gasteiger partial charge in [-0.05, 0) is 30.0 Å². The van der Waals surface area contributed by atoms with Gasteiger partial charge in [0.2, 0.25) is 5.91 Å². The Balaban J connectivity index is 1.72. The second-order valence-electron chi connectivity index (χ2n) is 5.78. The van der Waals surface area contributed by atoms with E-state index in [1.807, 2.05) is 31.3 Å². The van der Waals surface area contributed by atoms with E-state index in [-0.39, 0.29) is 5.91 Å². The number of aliphatic imine (C=N–C) groups is 1. The molecule has 0 atom stereocenters. The Labute approximate surface area is 158 Å². The highest BCUT2D eigenvalue weighted by molar-refractivity contribution is 7.09. The molecule has 0 bridgehead atoms. The van der Waals surface area contributed by atoms with Crippen molar-refractivity contribution < 1.29 is 9.53 Å². The zero-order valence-electron chi connectivity index (χ0n) is 15.5. The lowest BCUT2D eigenvalue weighted by atomic mass is 10.3. The molecule has 26 heavy (non-hydrogen) atoms. The molecule has 0 aliphatic rings. The van der Waals surface area contributed by atoms with Gasteiger partial charge in [0, 0.05) is 44.2 Å². The number of hydrogen-bond donors (Lipinski definition) is 2. The van der Waals surface area contributed by atoms with Gasteiger partial charge in [-0.25, -0.2) is 0 Å². The van der Waals surface area contributed by atoms with Crippen molar-refractivity contribution in [2.45, 2.75) is 13.3 Å². The minimum Gasteiger partial charge on any atom is -0.492 e. The van der Waals surface area contributed by atoms with Gasteiger partial charge in [-0.3, -0.25) is 9.79 Å². The molecule has 1 aromatic heterocycles. The van der Waals surface area contributed by atoms with Crippen molar-refractivity contribution in [1.29, 1.82) is 0 Å². The molecule has 0 saturated carbocycles. The molecule has 140 valence electrons. The highest BCUT2D eigenvalue weighted by atomic mass is 32.1. The Morgan fingerprint density at radius 1 is 1.31 bits per heavy atom. The summed E-state index contributed by atoms with van der Waals surface area (Å²) in [5, 5.41) is 8.14. The fraction of sp³-hybridized carbons (Fsp3) is 0.368. The van der Waals surface area contributed by atoms with Gasteiger partial charge < -0.3 is 20.3 Å². The van der Waals surface area contributed by atoms with E-state index in [1.165, 1.54) is 11.8 Å². The number of ether oxygens (including phenoxy) is 1. The molecule has 0 radical (unpaired) electrons. The maximum Gasteiger partial charge on any atom is 0.221 e. The Bertz CT molecular complexity index is 716. The molecule has 6 nitrogen and oxygen atoms in total. The van der Waals surface area contributed by atoms with Crippen molar-refractivity contribution in [3.05, 3.63) is 46.7 Å². The van der Waals surface area contributed by atoms with Gasteiger partial charge in [-0.1, -0.05) is 12.1 Å². The van der Waals surface area contributed by atoms with E-state index >= 15 is 0 Å². The lowest BCUT2D eigenvalue weighted by Crippen LogP contribution is -2.41. The van der Waals surface area contributed by atoms with Crippen molar-refractivity contribution in [2.75, 3.05) is 39.1 Å². The van der Waals surface area contributed by atoms with Gasteiger partial charge in [0.15, 0.2) is 5.96 Å². The van der Waals surface area contributed by atoms with E-state index in [0.29, 0.717) is 13.2 Å². The van der Waals surface area contributed by atoms with Crippen LogP contribution in [0, 0.1) is 0 Å². The van der Waals surface area contributed by atoms with E-state index in [4.69, 9.17) is 4.74 Å². The smallest absolute Gasteiger partial charge is 0.221 e. The van der Waals surface area contributed by atoms with Crippen LogP contribution < -0.4 is 15.4 Å². The number of amides is 1. The predicted molar refractivity (Wildman–Crippen MR) is 108 cm³/mol. The van der Waals surface area contributed by atoms with E-state index in [2.05, 4.69) is 38.0 Å². The van der Waals surface area contributed by atoms with Gasteiger partial charge >= 0.3 is 0 Å². The summed E-state index contributed by atoms with van der Waals surface area (Å²) in [7, 11) is 3.81. The van der Waals surface area contributed by atoms with E-state index in [1.54, 1.807) is 18.4 Å². The number of nitrogens with zero attached hydrogens (tertiary/aromatic N) is 2. The van der Waals surface area contributed by atoms with Crippen LogP contribution in [0.1, 0.15) is 11.8 Å². The van der Waals surface area contributed by atoms with Gasteiger partial charge in [-0.2, -0.15) is 0 Å². The number of likely N-dealkylation sites (N-methyl/N-ethyl adjacent to an activating group) is 1. The molecular weight excluding hydrogens is 348 g/mol. The number of benzene rings is 1. The summed E-state index contributed by atoms with van der Waals surface area (Å²) in [6.07, 6.45) is 1.00. The summed E-state index contributed by atoms with van der Waals surface area (Å²) >= 11 is 1.77. The van der Waals surface area contributed by atoms with Crippen LogP contribution in [0.15, 0.2) is 46.8 Å². The summed E-state index contributed by atoms with van der Waals surface area (Å²) in [6.45, 7) is 3.53. The number of rotatable bonds is 8.